The highest BCUT2D eigenvalue weighted by atomic mass is 35.5. The van der Waals surface area contributed by atoms with Crippen LogP contribution in [0.2, 0.25) is 5.02 Å². The van der Waals surface area contributed by atoms with Gasteiger partial charge in [0.1, 0.15) is 16.4 Å². The van der Waals surface area contributed by atoms with E-state index < -0.39 is 0 Å². The number of benzene rings is 2. The van der Waals surface area contributed by atoms with E-state index in [0.29, 0.717) is 16.5 Å². The Morgan fingerprint density at radius 3 is 2.65 bits per heavy atom. The molecule has 0 aliphatic carbocycles. The quantitative estimate of drug-likeness (QED) is 0.490. The van der Waals surface area contributed by atoms with Gasteiger partial charge in [0.25, 0.3) is 5.91 Å². The predicted octanol–water partition coefficient (Wildman–Crippen LogP) is 4.73. The van der Waals surface area contributed by atoms with Gasteiger partial charge in [-0.15, -0.1) is 11.3 Å². The maximum absolute atomic E-state index is 12.4. The van der Waals surface area contributed by atoms with Crippen molar-refractivity contribution in [2.75, 3.05) is 13.7 Å². The summed E-state index contributed by atoms with van der Waals surface area (Å²) in [5, 5.41) is 5.23. The molecule has 134 valence electrons. The second kappa shape index (κ2) is 8.21. The van der Waals surface area contributed by atoms with E-state index in [4.69, 9.17) is 21.1 Å². The van der Waals surface area contributed by atoms with E-state index in [1.54, 1.807) is 13.3 Å². The van der Waals surface area contributed by atoms with Gasteiger partial charge in [0, 0.05) is 10.1 Å². The van der Waals surface area contributed by atoms with Crippen LogP contribution in [0.15, 0.2) is 47.6 Å². The van der Waals surface area contributed by atoms with Gasteiger partial charge >= 0.3 is 0 Å². The molecule has 3 rings (SSSR count). The highest BCUT2D eigenvalue weighted by molar-refractivity contribution is 7.21. The van der Waals surface area contributed by atoms with E-state index in [0.717, 1.165) is 27.1 Å². The van der Waals surface area contributed by atoms with Crippen LogP contribution in [0.4, 0.5) is 0 Å². The van der Waals surface area contributed by atoms with Gasteiger partial charge in [-0.05, 0) is 55.0 Å². The summed E-state index contributed by atoms with van der Waals surface area (Å²) >= 11 is 7.63. The van der Waals surface area contributed by atoms with Crippen molar-refractivity contribution in [1.82, 2.24) is 5.43 Å². The standard InChI is InChI=1S/C19H17ClN2O3S/c1-3-25-13-6-4-12(5-7-13)11-21-22-19(23)18-17(20)15-9-8-14(24-2)10-16(15)26-18/h4-11H,3H2,1-2H3,(H,22,23). The molecule has 0 spiro atoms. The molecule has 26 heavy (non-hydrogen) atoms. The lowest BCUT2D eigenvalue weighted by molar-refractivity contribution is 0.0959. The number of hydrazone groups is 1. The summed E-state index contributed by atoms with van der Waals surface area (Å²) in [6.45, 7) is 2.55. The molecule has 1 aromatic heterocycles. The molecule has 2 aromatic carbocycles. The Kier molecular flexibility index (Phi) is 5.75. The monoisotopic (exact) mass is 388 g/mol. The molecule has 1 heterocycles. The van der Waals surface area contributed by atoms with Crippen LogP contribution in [0, 0.1) is 0 Å². The van der Waals surface area contributed by atoms with Crippen molar-refractivity contribution < 1.29 is 14.3 Å². The molecule has 7 heteroatoms. The molecule has 0 bridgehead atoms. The summed E-state index contributed by atoms with van der Waals surface area (Å²) < 4.78 is 11.5. The molecule has 0 saturated heterocycles. The molecular formula is C19H17ClN2O3S. The van der Waals surface area contributed by atoms with Crippen molar-refractivity contribution in [3.05, 3.63) is 57.9 Å². The average molecular weight is 389 g/mol. The van der Waals surface area contributed by atoms with Crippen molar-refractivity contribution >= 4 is 45.1 Å². The second-order valence-electron chi connectivity index (χ2n) is 5.31. The first-order valence-corrected chi connectivity index (χ1v) is 9.14. The highest BCUT2D eigenvalue weighted by Gasteiger charge is 2.17. The number of ether oxygens (including phenoxy) is 2. The number of methoxy groups -OCH3 is 1. The minimum atomic E-state index is -0.350. The van der Waals surface area contributed by atoms with E-state index in [2.05, 4.69) is 10.5 Å². The van der Waals surface area contributed by atoms with Crippen LogP contribution in [0.5, 0.6) is 11.5 Å². The number of amides is 1. The van der Waals surface area contributed by atoms with Gasteiger partial charge < -0.3 is 9.47 Å². The lowest BCUT2D eigenvalue weighted by atomic mass is 10.2. The molecule has 0 saturated carbocycles. The highest BCUT2D eigenvalue weighted by Crippen LogP contribution is 2.37. The van der Waals surface area contributed by atoms with E-state index in [1.165, 1.54) is 11.3 Å². The van der Waals surface area contributed by atoms with Gasteiger partial charge in [-0.2, -0.15) is 5.10 Å². The van der Waals surface area contributed by atoms with Crippen molar-refractivity contribution in [3.8, 4) is 11.5 Å². The van der Waals surface area contributed by atoms with Crippen molar-refractivity contribution in [2.45, 2.75) is 6.92 Å². The molecule has 0 atom stereocenters. The normalized spacial score (nSPS) is 11.0. The summed E-state index contributed by atoms with van der Waals surface area (Å²) in [4.78, 5) is 12.8. The summed E-state index contributed by atoms with van der Waals surface area (Å²) in [5.41, 5.74) is 3.36. The Morgan fingerprint density at radius 1 is 1.23 bits per heavy atom. The number of rotatable bonds is 6. The first-order valence-electron chi connectivity index (χ1n) is 7.94. The van der Waals surface area contributed by atoms with Gasteiger partial charge in [0.05, 0.1) is 25.0 Å². The number of halogens is 1. The van der Waals surface area contributed by atoms with Crippen molar-refractivity contribution in [3.63, 3.8) is 0 Å². The molecule has 1 amide bonds. The molecule has 0 radical (unpaired) electrons. The number of nitrogens with one attached hydrogen (secondary N) is 1. The van der Waals surface area contributed by atoms with Crippen LogP contribution in [0.3, 0.4) is 0 Å². The Hall–Kier alpha value is -2.57. The second-order valence-corrected chi connectivity index (χ2v) is 6.74. The smallest absolute Gasteiger partial charge is 0.283 e. The summed E-state index contributed by atoms with van der Waals surface area (Å²) in [5.74, 6) is 1.16. The Morgan fingerprint density at radius 2 is 1.96 bits per heavy atom. The van der Waals surface area contributed by atoms with Crippen LogP contribution in [0.1, 0.15) is 22.2 Å². The molecule has 1 N–H and O–H groups in total. The number of thiophene rings is 1. The van der Waals surface area contributed by atoms with E-state index >= 15 is 0 Å². The summed E-state index contributed by atoms with van der Waals surface area (Å²) in [6, 6.07) is 12.9. The molecule has 0 fully saturated rings. The van der Waals surface area contributed by atoms with Crippen LogP contribution < -0.4 is 14.9 Å². The number of hydrogen-bond acceptors (Lipinski definition) is 5. The summed E-state index contributed by atoms with van der Waals surface area (Å²) in [7, 11) is 1.60. The van der Waals surface area contributed by atoms with Crippen molar-refractivity contribution in [1.29, 1.82) is 0 Å². The number of hydrogen-bond donors (Lipinski definition) is 1. The first-order chi connectivity index (χ1) is 12.6. The third-order valence-corrected chi connectivity index (χ3v) is 5.27. The average Bonchev–Trinajstić information content (AvgIpc) is 2.99. The van der Waals surface area contributed by atoms with E-state index in [9.17, 15) is 4.79 Å². The number of fused-ring (bicyclic) bond motifs is 1. The lowest BCUT2D eigenvalue weighted by Gasteiger charge is -2.02. The molecule has 3 aromatic rings. The molecule has 5 nitrogen and oxygen atoms in total. The van der Waals surface area contributed by atoms with Gasteiger partial charge in [-0.1, -0.05) is 11.6 Å². The van der Waals surface area contributed by atoms with Gasteiger partial charge in [-0.3, -0.25) is 4.79 Å². The van der Waals surface area contributed by atoms with Crippen molar-refractivity contribution in [2.24, 2.45) is 5.10 Å². The number of nitrogens with zero attached hydrogens (tertiary/aromatic N) is 1. The fourth-order valence-corrected chi connectivity index (χ4v) is 3.79. The molecule has 0 aliphatic heterocycles. The van der Waals surface area contributed by atoms with Crippen LogP contribution in [-0.2, 0) is 0 Å². The third-order valence-electron chi connectivity index (χ3n) is 3.61. The largest absolute Gasteiger partial charge is 0.497 e. The zero-order valence-corrected chi connectivity index (χ0v) is 15.9. The molecule has 0 aliphatic rings. The Bertz CT molecular complexity index is 951. The Labute approximate surface area is 160 Å². The van der Waals surface area contributed by atoms with Gasteiger partial charge in [0.15, 0.2) is 0 Å². The SMILES string of the molecule is CCOc1ccc(C=NNC(=O)c2sc3cc(OC)ccc3c2Cl)cc1. The lowest BCUT2D eigenvalue weighted by Crippen LogP contribution is -2.16. The topological polar surface area (TPSA) is 59.9 Å². The Balaban J connectivity index is 1.71. The van der Waals surface area contributed by atoms with Gasteiger partial charge in [-0.25, -0.2) is 5.43 Å². The van der Waals surface area contributed by atoms with Gasteiger partial charge in [0.2, 0.25) is 0 Å². The maximum Gasteiger partial charge on any atom is 0.283 e. The minimum Gasteiger partial charge on any atom is -0.497 e. The zero-order valence-electron chi connectivity index (χ0n) is 14.3. The van der Waals surface area contributed by atoms with Crippen LogP contribution in [0.25, 0.3) is 10.1 Å². The van der Waals surface area contributed by atoms with Crippen LogP contribution >= 0.6 is 22.9 Å². The summed E-state index contributed by atoms with van der Waals surface area (Å²) in [6.07, 6.45) is 1.57. The minimum absolute atomic E-state index is 0.350. The van der Waals surface area contributed by atoms with E-state index in [-0.39, 0.29) is 5.91 Å². The first kappa shape index (κ1) is 18.2. The number of carbonyl (C=O) groups is 1. The number of carbonyl (C=O) groups excluding carboxylic acids is 1. The fourth-order valence-electron chi connectivity index (χ4n) is 2.35. The van der Waals surface area contributed by atoms with Crippen LogP contribution in [-0.4, -0.2) is 25.8 Å². The third kappa shape index (κ3) is 3.98. The predicted molar refractivity (Wildman–Crippen MR) is 106 cm³/mol. The maximum atomic E-state index is 12.4. The fraction of sp³-hybridized carbons (Fsp3) is 0.158. The molecule has 0 unspecified atom stereocenters. The molecular weight excluding hydrogens is 372 g/mol. The zero-order chi connectivity index (χ0) is 18.5. The van der Waals surface area contributed by atoms with E-state index in [1.807, 2.05) is 49.4 Å².